The second-order valence-electron chi connectivity index (χ2n) is 4.55. The van der Waals surface area contributed by atoms with Crippen molar-refractivity contribution in [2.45, 2.75) is 26.8 Å². The highest BCUT2D eigenvalue weighted by Crippen LogP contribution is 2.22. The summed E-state index contributed by atoms with van der Waals surface area (Å²) in [5.41, 5.74) is 1.23. The molecule has 0 radical (unpaired) electrons. The fourth-order valence-electron chi connectivity index (χ4n) is 1.94. The van der Waals surface area contributed by atoms with Gasteiger partial charge in [-0.25, -0.2) is 0 Å². The lowest BCUT2D eigenvalue weighted by Gasteiger charge is -2.29. The van der Waals surface area contributed by atoms with Gasteiger partial charge in [-0.1, -0.05) is 26.0 Å². The molecule has 1 aromatic carbocycles. The average Bonchev–Trinajstić information content (AvgIpc) is 2.35. The Balaban J connectivity index is 2.75. The van der Waals surface area contributed by atoms with Crippen LogP contribution in [0.5, 0.6) is 0 Å². The van der Waals surface area contributed by atoms with Crippen LogP contribution in [0.3, 0.4) is 0 Å². The standard InChI is InChI=1S/C14H20INO2/c1-4-16(9-10(2)14(17)18)11(3)12-5-7-13(15)8-6-12/h5-8,10-11H,4,9H2,1-3H3,(H,17,18). The van der Waals surface area contributed by atoms with Gasteiger partial charge < -0.3 is 5.11 Å². The second kappa shape index (κ2) is 7.09. The minimum absolute atomic E-state index is 0.244. The lowest BCUT2D eigenvalue weighted by molar-refractivity contribution is -0.141. The third kappa shape index (κ3) is 4.24. The van der Waals surface area contributed by atoms with E-state index in [-0.39, 0.29) is 12.0 Å². The van der Waals surface area contributed by atoms with Gasteiger partial charge in [-0.05, 0) is 53.8 Å². The van der Waals surface area contributed by atoms with E-state index in [9.17, 15) is 4.79 Å². The first-order valence-corrected chi connectivity index (χ1v) is 7.25. The van der Waals surface area contributed by atoms with Crippen LogP contribution < -0.4 is 0 Å². The molecular weight excluding hydrogens is 341 g/mol. The Morgan fingerprint density at radius 2 is 1.89 bits per heavy atom. The van der Waals surface area contributed by atoms with E-state index in [0.717, 1.165) is 6.54 Å². The highest BCUT2D eigenvalue weighted by atomic mass is 127. The fourth-order valence-corrected chi connectivity index (χ4v) is 2.30. The third-order valence-corrected chi connectivity index (χ3v) is 3.96. The maximum atomic E-state index is 10.9. The van der Waals surface area contributed by atoms with Crippen LogP contribution in [-0.4, -0.2) is 29.1 Å². The number of carboxylic acids is 1. The number of rotatable bonds is 6. The molecule has 0 aliphatic rings. The zero-order chi connectivity index (χ0) is 13.7. The molecule has 0 amide bonds. The lowest BCUT2D eigenvalue weighted by atomic mass is 10.0. The first kappa shape index (κ1) is 15.4. The number of nitrogens with zero attached hydrogens (tertiary/aromatic N) is 1. The molecule has 100 valence electrons. The highest BCUT2D eigenvalue weighted by Gasteiger charge is 2.20. The van der Waals surface area contributed by atoms with Crippen molar-refractivity contribution in [3.05, 3.63) is 33.4 Å². The summed E-state index contributed by atoms with van der Waals surface area (Å²) >= 11 is 2.28. The second-order valence-corrected chi connectivity index (χ2v) is 5.80. The van der Waals surface area contributed by atoms with Gasteiger partial charge in [0, 0.05) is 16.2 Å². The number of halogens is 1. The van der Waals surface area contributed by atoms with Crippen molar-refractivity contribution in [2.75, 3.05) is 13.1 Å². The molecule has 0 heterocycles. The number of hydrogen-bond donors (Lipinski definition) is 1. The van der Waals surface area contributed by atoms with Crippen LogP contribution in [0.1, 0.15) is 32.4 Å². The van der Waals surface area contributed by atoms with Crippen molar-refractivity contribution in [2.24, 2.45) is 5.92 Å². The van der Waals surface area contributed by atoms with Crippen molar-refractivity contribution in [3.63, 3.8) is 0 Å². The molecule has 1 rings (SSSR count). The van der Waals surface area contributed by atoms with Gasteiger partial charge in [-0.3, -0.25) is 9.69 Å². The van der Waals surface area contributed by atoms with Crippen molar-refractivity contribution >= 4 is 28.6 Å². The molecule has 0 spiro atoms. The van der Waals surface area contributed by atoms with Gasteiger partial charge in [-0.15, -0.1) is 0 Å². The average molecular weight is 361 g/mol. The molecule has 0 saturated carbocycles. The predicted molar refractivity (Wildman–Crippen MR) is 81.6 cm³/mol. The summed E-state index contributed by atoms with van der Waals surface area (Å²) in [6.45, 7) is 7.38. The zero-order valence-electron chi connectivity index (χ0n) is 11.1. The summed E-state index contributed by atoms with van der Waals surface area (Å²) in [5, 5.41) is 8.99. The maximum absolute atomic E-state index is 10.9. The van der Waals surface area contributed by atoms with Crippen molar-refractivity contribution in [1.82, 2.24) is 4.90 Å². The molecule has 0 aliphatic heterocycles. The van der Waals surface area contributed by atoms with Crippen LogP contribution in [0, 0.1) is 9.49 Å². The molecule has 0 aromatic heterocycles. The largest absolute Gasteiger partial charge is 0.481 e. The van der Waals surface area contributed by atoms with E-state index >= 15 is 0 Å². The number of aliphatic carboxylic acids is 1. The number of carbonyl (C=O) groups is 1. The molecule has 4 heteroatoms. The van der Waals surface area contributed by atoms with Gasteiger partial charge in [0.25, 0.3) is 0 Å². The highest BCUT2D eigenvalue weighted by molar-refractivity contribution is 14.1. The van der Waals surface area contributed by atoms with Gasteiger partial charge in [0.1, 0.15) is 0 Å². The van der Waals surface area contributed by atoms with Gasteiger partial charge in [0.2, 0.25) is 0 Å². The first-order chi connectivity index (χ1) is 8.45. The fraction of sp³-hybridized carbons (Fsp3) is 0.500. The van der Waals surface area contributed by atoms with Gasteiger partial charge in [-0.2, -0.15) is 0 Å². The molecule has 18 heavy (non-hydrogen) atoms. The van der Waals surface area contributed by atoms with E-state index < -0.39 is 5.97 Å². The maximum Gasteiger partial charge on any atom is 0.307 e. The van der Waals surface area contributed by atoms with Crippen LogP contribution in [0.4, 0.5) is 0 Å². The first-order valence-electron chi connectivity index (χ1n) is 6.18. The zero-order valence-corrected chi connectivity index (χ0v) is 13.2. The van der Waals surface area contributed by atoms with Gasteiger partial charge in [0.05, 0.1) is 5.92 Å². The van der Waals surface area contributed by atoms with Gasteiger partial charge >= 0.3 is 5.97 Å². The van der Waals surface area contributed by atoms with E-state index in [1.165, 1.54) is 9.13 Å². The van der Waals surface area contributed by atoms with Gasteiger partial charge in [0.15, 0.2) is 0 Å². The summed E-state index contributed by atoms with van der Waals surface area (Å²) in [5.74, 6) is -1.07. The van der Waals surface area contributed by atoms with Crippen LogP contribution in [0.25, 0.3) is 0 Å². The molecule has 0 saturated heterocycles. The molecule has 2 atom stereocenters. The predicted octanol–water partition coefficient (Wildman–Crippen LogP) is 3.39. The summed E-state index contributed by atoms with van der Waals surface area (Å²) in [6, 6.07) is 8.64. The number of hydrogen-bond acceptors (Lipinski definition) is 2. The molecule has 3 nitrogen and oxygen atoms in total. The lowest BCUT2D eigenvalue weighted by Crippen LogP contribution is -2.33. The van der Waals surface area contributed by atoms with E-state index in [4.69, 9.17) is 5.11 Å². The van der Waals surface area contributed by atoms with Crippen LogP contribution >= 0.6 is 22.6 Å². The smallest absolute Gasteiger partial charge is 0.307 e. The van der Waals surface area contributed by atoms with Crippen LogP contribution in [-0.2, 0) is 4.79 Å². The molecule has 1 N–H and O–H groups in total. The van der Waals surface area contributed by atoms with E-state index in [2.05, 4.69) is 65.6 Å². The van der Waals surface area contributed by atoms with E-state index in [1.54, 1.807) is 6.92 Å². The molecule has 1 aromatic rings. The Labute approximate surface area is 122 Å². The summed E-state index contributed by atoms with van der Waals surface area (Å²) in [7, 11) is 0. The number of benzene rings is 1. The molecule has 0 bridgehead atoms. The van der Waals surface area contributed by atoms with Crippen LogP contribution in [0.2, 0.25) is 0 Å². The van der Waals surface area contributed by atoms with E-state index in [1.807, 2.05) is 0 Å². The Bertz CT molecular complexity index is 391. The monoisotopic (exact) mass is 361 g/mol. The third-order valence-electron chi connectivity index (χ3n) is 3.24. The molecule has 2 unspecified atom stereocenters. The molecule has 0 aliphatic carbocycles. The Morgan fingerprint density at radius 3 is 2.33 bits per heavy atom. The Hall–Kier alpha value is -0.620. The Kier molecular flexibility index (Phi) is 6.08. The SMILES string of the molecule is CCN(CC(C)C(=O)O)C(C)c1ccc(I)cc1. The molecular formula is C14H20INO2. The van der Waals surface area contributed by atoms with Crippen molar-refractivity contribution in [1.29, 1.82) is 0 Å². The Morgan fingerprint density at radius 1 is 1.33 bits per heavy atom. The van der Waals surface area contributed by atoms with Crippen molar-refractivity contribution < 1.29 is 9.90 Å². The van der Waals surface area contributed by atoms with Crippen molar-refractivity contribution in [3.8, 4) is 0 Å². The topological polar surface area (TPSA) is 40.5 Å². The van der Waals surface area contributed by atoms with Crippen LogP contribution in [0.15, 0.2) is 24.3 Å². The minimum Gasteiger partial charge on any atom is -0.481 e. The number of carboxylic acid groups (broad SMARTS) is 1. The van der Waals surface area contributed by atoms with E-state index in [0.29, 0.717) is 6.54 Å². The quantitative estimate of drug-likeness (QED) is 0.790. The summed E-state index contributed by atoms with van der Waals surface area (Å²) < 4.78 is 1.21. The normalized spacial score (nSPS) is 14.5. The molecule has 0 fully saturated rings. The minimum atomic E-state index is -0.733. The summed E-state index contributed by atoms with van der Waals surface area (Å²) in [6.07, 6.45) is 0. The summed E-state index contributed by atoms with van der Waals surface area (Å²) in [4.78, 5) is 13.1.